The minimum atomic E-state index is -4.07. The molecular formula is C7H12Na3O3PS. The van der Waals surface area contributed by atoms with E-state index in [1.165, 1.54) is 6.07 Å². The molecule has 1 aromatic carbocycles. The third-order valence-corrected chi connectivity index (χ3v) is 3.23. The molecule has 0 spiro atoms. The number of hydrogen-bond acceptors (Lipinski definition) is 2. The normalized spacial score (nSPS) is 9.27. The van der Waals surface area contributed by atoms with Gasteiger partial charge in [0, 0.05) is 0 Å². The first-order valence-electron chi connectivity index (χ1n) is 3.25. The standard InChI is InChI=1S/C7H9O3PS.3Na.3H/c1-5-6(11)3-2-4-7(5)12(8,9)10;;;;;;/h2-4H,11H2,1H3,(H,8,9,10);;;;;;/q;3*+1;3*-1. The van der Waals surface area contributed by atoms with Crippen molar-refractivity contribution in [3.05, 3.63) is 23.8 Å². The minimum absolute atomic E-state index is 0. The summed E-state index contributed by atoms with van der Waals surface area (Å²) >= 11 is 0. The molecule has 1 rings (SSSR count). The van der Waals surface area contributed by atoms with E-state index in [2.05, 4.69) is 9.24 Å². The van der Waals surface area contributed by atoms with Gasteiger partial charge in [0.15, 0.2) is 0 Å². The van der Waals surface area contributed by atoms with Crippen molar-refractivity contribution < 1.29 is 106 Å². The van der Waals surface area contributed by atoms with Crippen LogP contribution in [0, 0.1) is 6.92 Å². The summed E-state index contributed by atoms with van der Waals surface area (Å²) < 4.78 is 30.3. The van der Waals surface area contributed by atoms with Crippen LogP contribution in [0.25, 0.3) is 0 Å². The van der Waals surface area contributed by atoms with Crippen LogP contribution in [0.3, 0.4) is 0 Å². The summed E-state index contributed by atoms with van der Waals surface area (Å²) in [4.78, 5) is -0.0324. The van der Waals surface area contributed by atoms with Gasteiger partial charge in [0.05, 0.1) is 4.90 Å². The van der Waals surface area contributed by atoms with Crippen molar-refractivity contribution in [2.45, 2.75) is 11.8 Å². The summed E-state index contributed by atoms with van der Waals surface area (Å²) in [6.45, 7) is 1.64. The summed E-state index contributed by atoms with van der Waals surface area (Å²) in [5.74, 6) is 0. The number of hydrogen-bond donors (Lipinski definition) is 1. The van der Waals surface area contributed by atoms with Crippen molar-refractivity contribution in [2.24, 2.45) is 0 Å². The van der Waals surface area contributed by atoms with E-state index >= 15 is 0 Å². The summed E-state index contributed by atoms with van der Waals surface area (Å²) in [6.07, 6.45) is 0. The molecule has 0 radical (unpaired) electrons. The molecule has 0 saturated heterocycles. The Balaban J connectivity index is -0.0000000600. The van der Waals surface area contributed by atoms with Crippen LogP contribution in [-0.2, 0) is 10.1 Å². The summed E-state index contributed by atoms with van der Waals surface area (Å²) in [6, 6.07) is 4.71. The summed E-state index contributed by atoms with van der Waals surface area (Å²) in [5.41, 5.74) is 0.560. The molecule has 72 valence electrons. The fourth-order valence-electron chi connectivity index (χ4n) is 0.911. The maximum Gasteiger partial charge on any atom is 1.00 e. The predicted molar refractivity (Wildman–Crippen MR) is 53.7 cm³/mol. The van der Waals surface area contributed by atoms with Crippen molar-refractivity contribution in [1.29, 1.82) is 0 Å². The van der Waals surface area contributed by atoms with E-state index in [9.17, 15) is 8.42 Å². The molecule has 3 nitrogen and oxygen atoms in total. The first kappa shape index (κ1) is 22.7. The van der Waals surface area contributed by atoms with Gasteiger partial charge in [-0.25, -0.2) is 0 Å². The molecule has 0 fully saturated rings. The predicted octanol–water partition coefficient (Wildman–Crippen LogP) is -7.91. The van der Waals surface area contributed by atoms with Gasteiger partial charge >= 0.3 is 88.7 Å². The van der Waals surface area contributed by atoms with E-state index in [1.807, 2.05) is 0 Å². The van der Waals surface area contributed by atoms with Gasteiger partial charge in [0.2, 0.25) is 0 Å². The molecule has 1 N–H and O–H groups in total. The fourth-order valence-corrected chi connectivity index (χ4v) is 2.04. The van der Waals surface area contributed by atoms with Gasteiger partial charge < -0.3 is 4.28 Å². The fraction of sp³-hybridized carbons (Fsp3) is 0.143. The molecule has 0 amide bonds. The van der Waals surface area contributed by atoms with E-state index in [4.69, 9.17) is 4.55 Å². The molecular weight excluding hydrogens is 264 g/mol. The van der Waals surface area contributed by atoms with Gasteiger partial charge in [0.25, 0.3) is 10.1 Å². The Morgan fingerprint density at radius 1 is 1.27 bits per heavy atom. The molecule has 0 aliphatic heterocycles. The summed E-state index contributed by atoms with van der Waals surface area (Å²) in [7, 11) is -1.67. The van der Waals surface area contributed by atoms with Gasteiger partial charge in [-0.05, 0) is 23.9 Å². The molecule has 1 unspecified atom stereocenters. The minimum Gasteiger partial charge on any atom is -1.00 e. The van der Waals surface area contributed by atoms with Gasteiger partial charge in [0.1, 0.15) is 0 Å². The van der Waals surface area contributed by atoms with E-state index in [0.717, 1.165) is 5.30 Å². The third-order valence-electron chi connectivity index (χ3n) is 1.60. The molecule has 0 saturated carbocycles. The second kappa shape index (κ2) is 9.48. The first-order chi connectivity index (χ1) is 5.43. The van der Waals surface area contributed by atoms with Crippen LogP contribution in [0.15, 0.2) is 23.1 Å². The Morgan fingerprint density at radius 2 is 1.73 bits per heavy atom. The van der Waals surface area contributed by atoms with Gasteiger partial charge in [-0.15, -0.1) is 9.24 Å². The van der Waals surface area contributed by atoms with E-state index in [1.54, 1.807) is 19.1 Å². The first-order valence-corrected chi connectivity index (χ1v) is 5.27. The monoisotopic (exact) mass is 276 g/mol. The van der Waals surface area contributed by atoms with E-state index < -0.39 is 10.1 Å². The molecule has 0 heterocycles. The maximum atomic E-state index is 10.8. The average Bonchev–Trinajstić information content (AvgIpc) is 1.92. The largest absolute Gasteiger partial charge is 1.00 e. The maximum absolute atomic E-state index is 10.8. The van der Waals surface area contributed by atoms with Gasteiger partial charge in [-0.1, -0.05) is 12.1 Å². The van der Waals surface area contributed by atoms with Crippen molar-refractivity contribution in [3.8, 4) is 0 Å². The van der Waals surface area contributed by atoms with E-state index in [-0.39, 0.29) is 97.8 Å². The van der Waals surface area contributed by atoms with Crippen molar-refractivity contribution >= 4 is 24.7 Å². The Hall–Kier alpha value is 2.56. The Bertz CT molecular complexity index is 420. The Morgan fingerprint density at radius 3 is 2.07 bits per heavy atom. The van der Waals surface area contributed by atoms with Crippen molar-refractivity contribution in [3.63, 3.8) is 0 Å². The van der Waals surface area contributed by atoms with E-state index in [0.29, 0.717) is 5.56 Å². The van der Waals surface area contributed by atoms with Crippen LogP contribution in [0.1, 0.15) is 9.84 Å². The van der Waals surface area contributed by atoms with Crippen LogP contribution >= 0.6 is 9.24 Å². The molecule has 0 aliphatic carbocycles. The molecule has 0 aliphatic rings. The zero-order chi connectivity index (χ0) is 9.35. The topological polar surface area (TPSA) is 54.4 Å². The average molecular weight is 276 g/mol. The SMILES string of the molecule is Cc1c(P)cccc1S(=O)(=O)O.[H-].[H-].[H-].[Na+].[Na+].[Na+]. The van der Waals surface area contributed by atoms with Crippen LogP contribution in [-0.4, -0.2) is 13.0 Å². The van der Waals surface area contributed by atoms with Crippen molar-refractivity contribution in [1.82, 2.24) is 0 Å². The summed E-state index contributed by atoms with van der Waals surface area (Å²) in [5, 5.41) is 0.769. The molecule has 0 aromatic heterocycles. The Kier molecular flexibility index (Phi) is 14.4. The van der Waals surface area contributed by atoms with Crippen molar-refractivity contribution in [2.75, 3.05) is 0 Å². The molecule has 15 heavy (non-hydrogen) atoms. The van der Waals surface area contributed by atoms with Crippen LogP contribution in [0.4, 0.5) is 0 Å². The molecule has 1 aromatic rings. The van der Waals surface area contributed by atoms with Crippen LogP contribution in [0.2, 0.25) is 0 Å². The number of benzene rings is 1. The van der Waals surface area contributed by atoms with Crippen LogP contribution in [0.5, 0.6) is 0 Å². The number of rotatable bonds is 1. The van der Waals surface area contributed by atoms with Gasteiger partial charge in [-0.3, -0.25) is 4.55 Å². The molecule has 8 heteroatoms. The second-order valence-electron chi connectivity index (χ2n) is 2.45. The molecule has 1 atom stereocenters. The zero-order valence-electron chi connectivity index (χ0n) is 12.5. The molecule has 0 bridgehead atoms. The second-order valence-corrected chi connectivity index (χ2v) is 4.46. The zero-order valence-corrected chi connectivity index (χ0v) is 17.5. The van der Waals surface area contributed by atoms with Crippen LogP contribution < -0.4 is 94.0 Å². The quantitative estimate of drug-likeness (QED) is 0.315. The third kappa shape index (κ3) is 6.90. The Labute approximate surface area is 163 Å². The van der Waals surface area contributed by atoms with Gasteiger partial charge in [-0.2, -0.15) is 8.42 Å². The smallest absolute Gasteiger partial charge is 1.00 e.